The highest BCUT2D eigenvalue weighted by atomic mass is 28.4. The van der Waals surface area contributed by atoms with Crippen molar-refractivity contribution in [2.45, 2.75) is 207 Å². The van der Waals surface area contributed by atoms with Crippen molar-refractivity contribution in [3.8, 4) is 11.5 Å². The van der Waals surface area contributed by atoms with Gasteiger partial charge in [-0.25, -0.2) is 0 Å². The second kappa shape index (κ2) is 32.6. The van der Waals surface area contributed by atoms with Gasteiger partial charge in [0, 0.05) is 6.07 Å². The van der Waals surface area contributed by atoms with Crippen LogP contribution in [-0.2, 0) is 11.0 Å². The fourth-order valence-electron chi connectivity index (χ4n) is 8.08. The van der Waals surface area contributed by atoms with Crippen LogP contribution in [0.1, 0.15) is 199 Å². The highest BCUT2D eigenvalue weighted by Gasteiger charge is 2.35. The molecule has 0 bridgehead atoms. The van der Waals surface area contributed by atoms with Crippen LogP contribution in [0.25, 0.3) is 0 Å². The molecule has 0 saturated carbocycles. The number of nitrogens with zero attached hydrogens (tertiary/aromatic N) is 1. The normalized spacial score (nSPS) is 11.6. The Morgan fingerprint density at radius 2 is 0.780 bits per heavy atom. The van der Waals surface area contributed by atoms with Crippen molar-refractivity contribution in [1.82, 2.24) is 0 Å². The first-order chi connectivity index (χ1) is 29.0. The maximum Gasteiger partial charge on any atom is 0.274 e. The van der Waals surface area contributed by atoms with Crippen LogP contribution < -0.4 is 19.8 Å². The van der Waals surface area contributed by atoms with Crippen molar-refractivity contribution < 1.29 is 18.8 Å². The van der Waals surface area contributed by atoms with Gasteiger partial charge in [-0.2, -0.15) is 0 Å². The Hall–Kier alpha value is -3.16. The van der Waals surface area contributed by atoms with Crippen LogP contribution in [0.4, 0.5) is 5.69 Å². The minimum atomic E-state index is -2.77. The van der Waals surface area contributed by atoms with Gasteiger partial charge in [-0.15, -0.1) is 0 Å². The molecule has 0 fully saturated rings. The van der Waals surface area contributed by atoms with Gasteiger partial charge >= 0.3 is 0 Å². The van der Waals surface area contributed by atoms with Crippen LogP contribution in [0.15, 0.2) is 72.8 Å². The highest BCUT2D eigenvalue weighted by molar-refractivity contribution is 6.96. The summed E-state index contributed by atoms with van der Waals surface area (Å²) in [4.78, 5) is 11.5. The molecule has 330 valence electrons. The average molecular weight is 830 g/mol. The second-order valence-corrected chi connectivity index (χ2v) is 20.7. The molecule has 0 aliphatic rings. The zero-order valence-electron chi connectivity index (χ0n) is 37.8. The maximum absolute atomic E-state index is 11.8. The average Bonchev–Trinajstić information content (AvgIpc) is 3.26. The van der Waals surface area contributed by atoms with Crippen LogP contribution in [0.5, 0.6) is 11.5 Å². The molecular formula is C52H83NO5Si. The van der Waals surface area contributed by atoms with E-state index < -0.39 is 8.32 Å². The number of hydrogen-bond donors (Lipinski definition) is 0. The monoisotopic (exact) mass is 830 g/mol. The number of rotatable bonds is 38. The van der Waals surface area contributed by atoms with Gasteiger partial charge in [0.05, 0.1) is 30.3 Å². The van der Waals surface area contributed by atoms with Gasteiger partial charge in [0.25, 0.3) is 14.0 Å². The minimum absolute atomic E-state index is 0.0864. The third kappa shape index (κ3) is 21.8. The molecule has 0 aliphatic heterocycles. The van der Waals surface area contributed by atoms with Crippen molar-refractivity contribution in [3.63, 3.8) is 0 Å². The van der Waals surface area contributed by atoms with Crippen molar-refractivity contribution in [2.75, 3.05) is 13.2 Å². The molecule has 0 heterocycles. The molecule has 3 aromatic carbocycles. The van der Waals surface area contributed by atoms with Gasteiger partial charge in [-0.05, 0) is 60.1 Å². The Morgan fingerprint density at radius 1 is 0.458 bits per heavy atom. The Kier molecular flexibility index (Phi) is 27.7. The van der Waals surface area contributed by atoms with E-state index >= 15 is 0 Å². The molecule has 7 heteroatoms. The first kappa shape index (κ1) is 50.2. The fraction of sp³-hybridized carbons (Fsp3) is 0.654. The lowest BCUT2D eigenvalue weighted by molar-refractivity contribution is -0.385. The summed E-state index contributed by atoms with van der Waals surface area (Å²) in [6.07, 6.45) is 37.6. The molecule has 6 nitrogen and oxygen atoms in total. The van der Waals surface area contributed by atoms with Crippen molar-refractivity contribution in [2.24, 2.45) is 0 Å². The summed E-state index contributed by atoms with van der Waals surface area (Å²) in [6.45, 7) is 8.35. The SMILES string of the molecule is CCCCCCCCCCCCCCCCOc1ccc([Si](C)(OCc2ccccc2[N+](=O)[O-])c2ccc(OCCCCCCCCCCCCCCCC)cc2)cc1. The molecule has 59 heavy (non-hydrogen) atoms. The fourth-order valence-corrected chi connectivity index (χ4v) is 10.8. The maximum atomic E-state index is 11.8. The first-order valence-electron chi connectivity index (χ1n) is 24.3. The third-order valence-corrected chi connectivity index (χ3v) is 15.6. The van der Waals surface area contributed by atoms with Gasteiger partial charge in [-0.1, -0.05) is 217 Å². The van der Waals surface area contributed by atoms with E-state index in [0.717, 1.165) is 47.9 Å². The van der Waals surface area contributed by atoms with Crippen LogP contribution in [0, 0.1) is 10.1 Å². The molecule has 0 spiro atoms. The van der Waals surface area contributed by atoms with E-state index in [0.29, 0.717) is 5.56 Å². The number of ether oxygens (including phenoxy) is 2. The van der Waals surface area contributed by atoms with E-state index in [1.165, 1.54) is 167 Å². The Balaban J connectivity index is 1.42. The Morgan fingerprint density at radius 3 is 1.12 bits per heavy atom. The lowest BCUT2D eigenvalue weighted by Gasteiger charge is -2.29. The van der Waals surface area contributed by atoms with Crippen LogP contribution in [-0.4, -0.2) is 26.5 Å². The smallest absolute Gasteiger partial charge is 0.274 e. The van der Waals surface area contributed by atoms with Crippen molar-refractivity contribution >= 4 is 24.4 Å². The summed E-state index contributed by atoms with van der Waals surface area (Å²) in [5.41, 5.74) is 0.667. The predicted molar refractivity (Wildman–Crippen MR) is 253 cm³/mol. The number of benzene rings is 3. The summed E-state index contributed by atoms with van der Waals surface area (Å²) in [5, 5.41) is 14.0. The zero-order chi connectivity index (χ0) is 42.1. The van der Waals surface area contributed by atoms with Gasteiger partial charge < -0.3 is 13.9 Å². The second-order valence-electron chi connectivity index (χ2n) is 17.1. The molecule has 0 radical (unpaired) electrons. The lowest BCUT2D eigenvalue weighted by atomic mass is 10.0. The first-order valence-corrected chi connectivity index (χ1v) is 26.7. The van der Waals surface area contributed by atoms with E-state index in [-0.39, 0.29) is 17.2 Å². The Bertz CT molecular complexity index is 1390. The number of nitro groups is 1. The number of para-hydroxylation sites is 1. The van der Waals surface area contributed by atoms with Gasteiger partial charge in [0.1, 0.15) is 11.5 Å². The van der Waals surface area contributed by atoms with Crippen LogP contribution in [0.3, 0.4) is 0 Å². The molecule has 0 N–H and O–H groups in total. The van der Waals surface area contributed by atoms with Gasteiger partial charge in [0.2, 0.25) is 0 Å². The summed E-state index contributed by atoms with van der Waals surface area (Å²) in [6, 6.07) is 23.5. The molecule has 0 amide bonds. The van der Waals surface area contributed by atoms with E-state index in [4.69, 9.17) is 13.9 Å². The van der Waals surface area contributed by atoms with Crippen molar-refractivity contribution in [3.05, 3.63) is 88.5 Å². The molecule has 3 rings (SSSR count). The summed E-state index contributed by atoms with van der Waals surface area (Å²) >= 11 is 0. The lowest BCUT2D eigenvalue weighted by Crippen LogP contribution is -2.58. The molecule has 0 aliphatic carbocycles. The van der Waals surface area contributed by atoms with E-state index in [2.05, 4.69) is 44.7 Å². The van der Waals surface area contributed by atoms with E-state index in [1.54, 1.807) is 18.2 Å². The molecule has 3 aromatic rings. The summed E-state index contributed by atoms with van der Waals surface area (Å²) in [5.74, 6) is 1.73. The largest absolute Gasteiger partial charge is 0.494 e. The predicted octanol–water partition coefficient (Wildman–Crippen LogP) is 15.2. The molecule has 0 saturated heterocycles. The van der Waals surface area contributed by atoms with E-state index in [1.807, 2.05) is 30.3 Å². The topological polar surface area (TPSA) is 70.8 Å². The van der Waals surface area contributed by atoms with Crippen molar-refractivity contribution in [1.29, 1.82) is 0 Å². The molecule has 0 unspecified atom stereocenters. The number of hydrogen-bond acceptors (Lipinski definition) is 5. The number of unbranched alkanes of at least 4 members (excludes halogenated alkanes) is 26. The number of nitro benzene ring substituents is 1. The molecule has 0 atom stereocenters. The van der Waals surface area contributed by atoms with Gasteiger partial charge in [-0.3, -0.25) is 10.1 Å². The Labute approximate surface area is 361 Å². The third-order valence-electron chi connectivity index (χ3n) is 12.0. The quantitative estimate of drug-likeness (QED) is 0.0249. The van der Waals surface area contributed by atoms with E-state index in [9.17, 15) is 10.1 Å². The zero-order valence-corrected chi connectivity index (χ0v) is 38.8. The summed E-state index contributed by atoms with van der Waals surface area (Å²) in [7, 11) is -2.77. The summed E-state index contributed by atoms with van der Waals surface area (Å²) < 4.78 is 19.1. The van der Waals surface area contributed by atoms with Crippen LogP contribution in [0.2, 0.25) is 6.55 Å². The minimum Gasteiger partial charge on any atom is -0.494 e. The van der Waals surface area contributed by atoms with Gasteiger partial charge in [0.15, 0.2) is 0 Å². The molecule has 0 aromatic heterocycles. The highest BCUT2D eigenvalue weighted by Crippen LogP contribution is 2.23. The van der Waals surface area contributed by atoms with Crippen LogP contribution >= 0.6 is 0 Å². The molecular weight excluding hydrogens is 747 g/mol. The standard InChI is InChI=1S/C52H83NO5Si/c1-4-6-8-10-12-14-16-18-20-22-24-26-28-32-44-56-48-36-40-50(41-37-48)59(3,58-46-47-34-30-31-35-52(47)53(54)55)51-42-38-49(39-43-51)57-45-33-29-27-25-23-21-19-17-15-13-11-9-7-5-2/h30-31,34-43H,4-29,32-33,44-46H2,1-3H3.